The molecule has 0 spiro atoms. The van der Waals surface area contributed by atoms with Gasteiger partial charge in [-0.15, -0.1) is 5.10 Å². The maximum Gasteiger partial charge on any atom is 0.322 e. The predicted octanol–water partition coefficient (Wildman–Crippen LogP) is 2.36. The van der Waals surface area contributed by atoms with Crippen molar-refractivity contribution in [3.05, 3.63) is 29.8 Å². The quantitative estimate of drug-likeness (QED) is 0.925. The molecule has 1 aliphatic rings. The molecule has 98 valence electrons. The highest BCUT2D eigenvalue weighted by molar-refractivity contribution is 5.92. The molecule has 5 nitrogen and oxygen atoms in total. The van der Waals surface area contributed by atoms with E-state index < -0.39 is 11.6 Å². The molecule has 0 radical (unpaired) electrons. The summed E-state index contributed by atoms with van der Waals surface area (Å²) in [6.07, 6.45) is 1.69. The van der Waals surface area contributed by atoms with E-state index in [0.717, 1.165) is 25.0 Å². The summed E-state index contributed by atoms with van der Waals surface area (Å²) >= 11 is 0. The molecule has 1 heterocycles. The van der Waals surface area contributed by atoms with E-state index in [0.29, 0.717) is 0 Å². The van der Waals surface area contributed by atoms with Gasteiger partial charge in [-0.05, 0) is 25.0 Å². The fourth-order valence-corrected chi connectivity index (χ4v) is 1.60. The number of nitrogens with one attached hydrogen (secondary N) is 1. The Labute approximate surface area is 106 Å². The van der Waals surface area contributed by atoms with E-state index in [4.69, 9.17) is 4.42 Å². The van der Waals surface area contributed by atoms with E-state index in [9.17, 15) is 13.6 Å². The Kier molecular flexibility index (Phi) is 2.73. The van der Waals surface area contributed by atoms with E-state index in [-0.39, 0.29) is 29.3 Å². The Morgan fingerprint density at radius 3 is 2.79 bits per heavy atom. The molecule has 0 aliphatic heterocycles. The standard InChI is InChI=1S/C12H9F2N3O2/c13-7-3-4-8(9(14)5-7)11-16-17-12(19-11)15-10(18)6-1-2-6/h3-6H,1-2H2,(H,15,17,18). The second kappa shape index (κ2) is 4.42. The Balaban J connectivity index is 1.81. The van der Waals surface area contributed by atoms with E-state index in [2.05, 4.69) is 15.5 Å². The van der Waals surface area contributed by atoms with Gasteiger partial charge in [-0.25, -0.2) is 8.78 Å². The number of amides is 1. The predicted molar refractivity (Wildman–Crippen MR) is 61.0 cm³/mol. The molecule has 1 aromatic carbocycles. The number of rotatable bonds is 3. The van der Waals surface area contributed by atoms with Gasteiger partial charge >= 0.3 is 6.01 Å². The average Bonchev–Trinajstić information content (AvgIpc) is 3.11. The highest BCUT2D eigenvalue weighted by Gasteiger charge is 2.30. The van der Waals surface area contributed by atoms with Crippen LogP contribution in [0.3, 0.4) is 0 Å². The molecular formula is C12H9F2N3O2. The van der Waals surface area contributed by atoms with Crippen LogP contribution in [-0.4, -0.2) is 16.1 Å². The minimum absolute atomic E-state index is 0.00194. The lowest BCUT2D eigenvalue weighted by Crippen LogP contribution is -2.13. The number of benzene rings is 1. The lowest BCUT2D eigenvalue weighted by atomic mass is 10.2. The summed E-state index contributed by atoms with van der Waals surface area (Å²) < 4.78 is 31.4. The van der Waals surface area contributed by atoms with E-state index in [1.54, 1.807) is 0 Å². The number of hydrogen-bond acceptors (Lipinski definition) is 4. The van der Waals surface area contributed by atoms with Crippen LogP contribution in [0.25, 0.3) is 11.5 Å². The normalized spacial score (nSPS) is 14.4. The van der Waals surface area contributed by atoms with Crippen LogP contribution < -0.4 is 5.32 Å². The minimum atomic E-state index is -0.802. The van der Waals surface area contributed by atoms with Crippen molar-refractivity contribution in [3.63, 3.8) is 0 Å². The molecule has 1 aromatic heterocycles. The van der Waals surface area contributed by atoms with Crippen LogP contribution in [0, 0.1) is 17.6 Å². The number of carbonyl (C=O) groups is 1. The second-order valence-electron chi connectivity index (χ2n) is 4.30. The summed E-state index contributed by atoms with van der Waals surface area (Å²) in [5.74, 6) is -1.79. The van der Waals surface area contributed by atoms with Crippen LogP contribution in [0.5, 0.6) is 0 Å². The molecule has 1 aliphatic carbocycles. The van der Waals surface area contributed by atoms with Gasteiger partial charge in [-0.3, -0.25) is 10.1 Å². The van der Waals surface area contributed by atoms with Crippen LogP contribution in [0.2, 0.25) is 0 Å². The number of aromatic nitrogens is 2. The van der Waals surface area contributed by atoms with Gasteiger partial charge in [0.2, 0.25) is 5.91 Å². The fraction of sp³-hybridized carbons (Fsp3) is 0.250. The molecule has 0 saturated heterocycles. The van der Waals surface area contributed by atoms with Gasteiger partial charge in [0, 0.05) is 12.0 Å². The van der Waals surface area contributed by atoms with Crippen molar-refractivity contribution >= 4 is 11.9 Å². The van der Waals surface area contributed by atoms with Crippen LogP contribution in [0.1, 0.15) is 12.8 Å². The van der Waals surface area contributed by atoms with Gasteiger partial charge in [0.15, 0.2) is 0 Å². The SMILES string of the molecule is O=C(Nc1nnc(-c2ccc(F)cc2F)o1)C1CC1. The van der Waals surface area contributed by atoms with Gasteiger partial charge in [-0.2, -0.15) is 0 Å². The zero-order valence-corrected chi connectivity index (χ0v) is 9.69. The summed E-state index contributed by atoms with van der Waals surface area (Å²) in [7, 11) is 0. The number of anilines is 1. The van der Waals surface area contributed by atoms with Crippen LogP contribution in [-0.2, 0) is 4.79 Å². The third-order valence-corrected chi connectivity index (χ3v) is 2.76. The molecule has 2 aromatic rings. The Morgan fingerprint density at radius 1 is 1.32 bits per heavy atom. The number of carbonyl (C=O) groups excluding carboxylic acids is 1. The number of hydrogen-bond donors (Lipinski definition) is 1. The highest BCUT2D eigenvalue weighted by Crippen LogP contribution is 2.30. The lowest BCUT2D eigenvalue weighted by molar-refractivity contribution is -0.117. The smallest absolute Gasteiger partial charge is 0.322 e. The van der Waals surface area contributed by atoms with E-state index >= 15 is 0 Å². The third-order valence-electron chi connectivity index (χ3n) is 2.76. The van der Waals surface area contributed by atoms with Crippen molar-refractivity contribution in [2.45, 2.75) is 12.8 Å². The van der Waals surface area contributed by atoms with Gasteiger partial charge in [0.05, 0.1) is 5.56 Å². The van der Waals surface area contributed by atoms with Crippen LogP contribution in [0.15, 0.2) is 22.6 Å². The van der Waals surface area contributed by atoms with Crippen molar-refractivity contribution in [1.82, 2.24) is 10.2 Å². The summed E-state index contributed by atoms with van der Waals surface area (Å²) in [6.45, 7) is 0. The Bertz CT molecular complexity index is 638. The van der Waals surface area contributed by atoms with Crippen molar-refractivity contribution in [1.29, 1.82) is 0 Å². The Morgan fingerprint density at radius 2 is 2.11 bits per heavy atom. The molecule has 0 bridgehead atoms. The van der Waals surface area contributed by atoms with Crippen molar-refractivity contribution < 1.29 is 18.0 Å². The molecule has 0 unspecified atom stereocenters. The minimum Gasteiger partial charge on any atom is -0.403 e. The molecule has 1 saturated carbocycles. The number of nitrogens with zero attached hydrogens (tertiary/aromatic N) is 2. The second-order valence-corrected chi connectivity index (χ2v) is 4.30. The summed E-state index contributed by atoms with van der Waals surface area (Å²) in [4.78, 5) is 11.5. The van der Waals surface area contributed by atoms with Crippen LogP contribution >= 0.6 is 0 Å². The molecule has 1 fully saturated rings. The van der Waals surface area contributed by atoms with Gasteiger partial charge in [0.25, 0.3) is 5.89 Å². The van der Waals surface area contributed by atoms with Crippen molar-refractivity contribution in [2.24, 2.45) is 5.92 Å². The molecule has 1 amide bonds. The van der Waals surface area contributed by atoms with E-state index in [1.807, 2.05) is 0 Å². The summed E-state index contributed by atoms with van der Waals surface area (Å²) in [5, 5.41) is 9.66. The largest absolute Gasteiger partial charge is 0.403 e. The monoisotopic (exact) mass is 265 g/mol. The first-order chi connectivity index (χ1) is 9.13. The Hall–Kier alpha value is -2.31. The van der Waals surface area contributed by atoms with E-state index in [1.165, 1.54) is 6.07 Å². The van der Waals surface area contributed by atoms with Crippen molar-refractivity contribution in [2.75, 3.05) is 5.32 Å². The first-order valence-electron chi connectivity index (χ1n) is 5.73. The first-order valence-corrected chi connectivity index (χ1v) is 5.73. The molecular weight excluding hydrogens is 256 g/mol. The third kappa shape index (κ3) is 2.44. The molecule has 19 heavy (non-hydrogen) atoms. The van der Waals surface area contributed by atoms with Crippen LogP contribution in [0.4, 0.5) is 14.8 Å². The summed E-state index contributed by atoms with van der Waals surface area (Å²) in [5.41, 5.74) is -0.0131. The zero-order chi connectivity index (χ0) is 13.4. The van der Waals surface area contributed by atoms with Gasteiger partial charge < -0.3 is 4.42 Å². The molecule has 3 rings (SSSR count). The maximum absolute atomic E-state index is 13.5. The first kappa shape index (κ1) is 11.8. The zero-order valence-electron chi connectivity index (χ0n) is 9.69. The molecule has 0 atom stereocenters. The molecule has 7 heteroatoms. The average molecular weight is 265 g/mol. The lowest BCUT2D eigenvalue weighted by Gasteiger charge is -1.98. The molecule has 1 N–H and O–H groups in total. The highest BCUT2D eigenvalue weighted by atomic mass is 19.1. The topological polar surface area (TPSA) is 68.0 Å². The van der Waals surface area contributed by atoms with Crippen molar-refractivity contribution in [3.8, 4) is 11.5 Å². The van der Waals surface area contributed by atoms with Gasteiger partial charge in [0.1, 0.15) is 11.6 Å². The fourth-order valence-electron chi connectivity index (χ4n) is 1.60. The summed E-state index contributed by atoms with van der Waals surface area (Å²) in [6, 6.07) is 2.92. The number of halogens is 2. The van der Waals surface area contributed by atoms with Gasteiger partial charge in [-0.1, -0.05) is 5.10 Å². The maximum atomic E-state index is 13.5.